The summed E-state index contributed by atoms with van der Waals surface area (Å²) < 4.78 is 0. The molecule has 0 saturated carbocycles. The molecule has 0 bridgehead atoms. The van der Waals surface area contributed by atoms with E-state index in [2.05, 4.69) is 0 Å². The van der Waals surface area contributed by atoms with Crippen molar-refractivity contribution in [2.45, 2.75) is 0 Å². The average molecular weight is 442 g/mol. The van der Waals surface area contributed by atoms with E-state index in [9.17, 15) is 30.6 Å². The number of hydrogen-bond acceptors (Lipinski definition) is 6. The molecule has 0 heterocycles. The van der Waals surface area contributed by atoms with Crippen molar-refractivity contribution in [1.29, 1.82) is 0 Å². The maximum Gasteiger partial charge on any atom is 3.00 e. The summed E-state index contributed by atoms with van der Waals surface area (Å²) in [6, 6.07) is 16.8. The van der Waals surface area contributed by atoms with Gasteiger partial charge in [-0.15, -0.1) is 34.5 Å². The zero-order chi connectivity index (χ0) is 17.9. The molecule has 0 aliphatic rings. The maximum absolute atomic E-state index is 10.3. The van der Waals surface area contributed by atoms with Crippen molar-refractivity contribution in [3.63, 3.8) is 0 Å². The van der Waals surface area contributed by atoms with Gasteiger partial charge in [0.05, 0.1) is 0 Å². The molecule has 0 unspecified atom stereocenters. The number of para-hydroxylation sites is 6. The summed E-state index contributed by atoms with van der Waals surface area (Å²) in [4.78, 5) is 0. The van der Waals surface area contributed by atoms with E-state index in [1.807, 2.05) is 0 Å². The molecule has 0 atom stereocenters. The molecule has 27 heavy (non-hydrogen) atoms. The second kappa shape index (κ2) is 17.7. The number of rotatable bonds is 0. The molecule has 9 heteroatoms. The third-order valence-corrected chi connectivity index (χ3v) is 2.55. The van der Waals surface area contributed by atoms with Crippen LogP contribution >= 0.6 is 0 Å². The Morgan fingerprint density at radius 2 is 0.481 bits per heavy atom. The van der Waals surface area contributed by atoms with Crippen LogP contribution in [-0.2, 0) is 17.1 Å². The molecule has 3 rings (SSSR count). The van der Waals surface area contributed by atoms with E-state index in [1.54, 1.807) is 36.4 Å². The topological polar surface area (TPSA) is 138 Å². The number of benzene rings is 3. The summed E-state index contributed by atoms with van der Waals surface area (Å²) in [6.07, 6.45) is 0. The molecular weight excluding hydrogens is 430 g/mol. The van der Waals surface area contributed by atoms with Crippen LogP contribution in [0.5, 0.6) is 34.5 Å². The van der Waals surface area contributed by atoms with Crippen molar-refractivity contribution >= 4 is 0 Å². The van der Waals surface area contributed by atoms with Gasteiger partial charge in [0.2, 0.25) is 0 Å². The predicted molar refractivity (Wildman–Crippen MR) is 76.0 cm³/mol. The van der Waals surface area contributed by atoms with Gasteiger partial charge in [-0.3, -0.25) is 0 Å². The zero-order valence-corrected chi connectivity index (χ0v) is 21.0. The van der Waals surface area contributed by atoms with Crippen LogP contribution in [0.15, 0.2) is 72.8 Å². The first-order valence-corrected chi connectivity index (χ1v) is 6.71. The van der Waals surface area contributed by atoms with Gasteiger partial charge in [0.25, 0.3) is 0 Å². The smallest absolute Gasteiger partial charge is 0.873 e. The third kappa shape index (κ3) is 13.4. The molecule has 0 amide bonds. The molecule has 3 aromatic carbocycles. The monoisotopic (exact) mass is 442 g/mol. The fourth-order valence-corrected chi connectivity index (χ4v) is 1.35. The maximum atomic E-state index is 10.3. The Hall–Kier alpha value is -0.384. The van der Waals surface area contributed by atoms with Crippen LogP contribution in [0.1, 0.15) is 0 Å². The van der Waals surface area contributed by atoms with Crippen LogP contribution in [0.2, 0.25) is 0 Å². The molecule has 0 N–H and O–H groups in total. The Morgan fingerprint density at radius 1 is 0.370 bits per heavy atom. The van der Waals surface area contributed by atoms with E-state index >= 15 is 0 Å². The molecule has 0 aromatic heterocycles. The first kappa shape index (κ1) is 31.3. The minimum atomic E-state index is -0.437. The van der Waals surface area contributed by atoms with E-state index in [0.29, 0.717) is 0 Å². The molecule has 0 fully saturated rings. The Bertz CT molecular complexity index is 610. The van der Waals surface area contributed by atoms with Crippen LogP contribution in [-0.4, -0.2) is 0 Å². The van der Waals surface area contributed by atoms with Crippen LogP contribution in [0, 0.1) is 0 Å². The van der Waals surface area contributed by atoms with E-state index in [4.69, 9.17) is 0 Å². The van der Waals surface area contributed by atoms with Crippen molar-refractivity contribution in [3.05, 3.63) is 72.8 Å². The van der Waals surface area contributed by atoms with E-state index in [0.717, 1.165) is 0 Å². The Labute approximate surface area is 232 Å². The van der Waals surface area contributed by atoms with E-state index < -0.39 is 34.5 Å². The van der Waals surface area contributed by atoms with E-state index in [1.165, 1.54) is 36.4 Å². The number of hydrogen-bond donors (Lipinski definition) is 0. The first-order valence-electron chi connectivity index (χ1n) is 6.71. The minimum Gasteiger partial charge on any atom is -0.873 e. The summed E-state index contributed by atoms with van der Waals surface area (Å²) in [7, 11) is 0. The van der Waals surface area contributed by atoms with Crippen molar-refractivity contribution < 1.29 is 129 Å². The second-order valence-corrected chi connectivity index (χ2v) is 4.34. The first-order chi connectivity index (χ1) is 11.4. The summed E-state index contributed by atoms with van der Waals surface area (Å²) in [5.41, 5.74) is 0. The van der Waals surface area contributed by atoms with Crippen LogP contribution in [0.4, 0.5) is 0 Å². The van der Waals surface area contributed by atoms with Crippen LogP contribution in [0.25, 0.3) is 0 Å². The fraction of sp³-hybridized carbons (Fsp3) is 0. The van der Waals surface area contributed by atoms with Crippen molar-refractivity contribution in [1.82, 2.24) is 0 Å². The molecule has 3 aromatic rings. The van der Waals surface area contributed by atoms with Crippen molar-refractivity contribution in [3.8, 4) is 34.5 Å². The van der Waals surface area contributed by atoms with Crippen molar-refractivity contribution in [2.75, 3.05) is 0 Å². The molecule has 0 aliphatic heterocycles. The minimum absolute atomic E-state index is 0. The van der Waals surface area contributed by atoms with Crippen LogP contribution < -0.4 is 112 Å². The standard InChI is InChI=1S/3C6H6O2.Fe.K.Na/c3*7-5-3-1-2-4-6(5)8;;;/h3*1-4,7-8H;;;/q;;;+3;2*+1/p-6. The normalized spacial score (nSPS) is 8.00. The predicted octanol–water partition coefficient (Wildman–Crippen LogP) is -6.49. The molecule has 1 radical (unpaired) electrons. The zero-order valence-electron chi connectivity index (χ0n) is 14.7. The van der Waals surface area contributed by atoms with Gasteiger partial charge in [-0.1, -0.05) is 72.8 Å². The van der Waals surface area contributed by atoms with Gasteiger partial charge in [0.1, 0.15) is 0 Å². The Kier molecular flexibility index (Phi) is 20.5. The molecule has 131 valence electrons. The van der Waals surface area contributed by atoms with Crippen molar-refractivity contribution in [2.24, 2.45) is 0 Å². The Balaban J connectivity index is -0.000000303. The summed E-state index contributed by atoms with van der Waals surface area (Å²) >= 11 is 0. The SMILES string of the molecule is [Fe+3].[K+].[Na+].[O-]c1ccccc1[O-].[O-]c1ccccc1[O-].[O-]c1ccccc1[O-]. The van der Waals surface area contributed by atoms with Gasteiger partial charge >= 0.3 is 98.0 Å². The van der Waals surface area contributed by atoms with Gasteiger partial charge in [-0.05, 0) is 0 Å². The molecule has 0 aliphatic carbocycles. The summed E-state index contributed by atoms with van der Waals surface area (Å²) in [5, 5.41) is 61.8. The Morgan fingerprint density at radius 3 is 0.556 bits per heavy atom. The summed E-state index contributed by atoms with van der Waals surface area (Å²) in [5.74, 6) is -2.62. The van der Waals surface area contributed by atoms with E-state index in [-0.39, 0.29) is 98.0 Å². The van der Waals surface area contributed by atoms with Gasteiger partial charge in [-0.25, -0.2) is 0 Å². The van der Waals surface area contributed by atoms with Gasteiger partial charge in [0.15, 0.2) is 0 Å². The quantitative estimate of drug-likeness (QED) is 0.318. The molecule has 6 nitrogen and oxygen atoms in total. The second-order valence-electron chi connectivity index (χ2n) is 4.34. The van der Waals surface area contributed by atoms with Gasteiger partial charge < -0.3 is 30.6 Å². The molecule has 0 spiro atoms. The fourth-order valence-electron chi connectivity index (χ4n) is 1.35. The molecular formula is C18H12FeKNaO6-. The molecule has 0 saturated heterocycles. The summed E-state index contributed by atoms with van der Waals surface area (Å²) in [6.45, 7) is 0. The van der Waals surface area contributed by atoms with Crippen LogP contribution in [0.3, 0.4) is 0 Å². The third-order valence-electron chi connectivity index (χ3n) is 2.55. The van der Waals surface area contributed by atoms with Gasteiger partial charge in [0, 0.05) is 0 Å². The average Bonchev–Trinajstić information content (AvgIpc) is 2.57. The largest absolute Gasteiger partial charge is 3.00 e. The van der Waals surface area contributed by atoms with Gasteiger partial charge in [-0.2, -0.15) is 0 Å².